The first-order valence-corrected chi connectivity index (χ1v) is 12.4. The zero-order valence-corrected chi connectivity index (χ0v) is 19.8. The third-order valence-corrected chi connectivity index (χ3v) is 5.54. The normalized spacial score (nSPS) is 11.7. The summed E-state index contributed by atoms with van der Waals surface area (Å²) in [6, 6.07) is 5.75. The minimum atomic E-state index is -3.45. The van der Waals surface area contributed by atoms with Gasteiger partial charge in [-0.1, -0.05) is 25.5 Å². The standard InChI is InChI=1S/C21H29N5O6S/c1-4-5-10-31-20-24-18(22)17-19(25-20)26(21(27)23-17)13-15-9-8-14(12-16(15)30-2)7-6-11-32-33(3,28)29/h8-9,12H,4-7,10-11,13H2,1-3H3,(H,23,27)(H2,22,24,25). The number of anilines is 1. The van der Waals surface area contributed by atoms with E-state index in [9.17, 15) is 13.2 Å². The lowest BCUT2D eigenvalue weighted by atomic mass is 10.1. The molecule has 33 heavy (non-hydrogen) atoms. The average molecular weight is 480 g/mol. The second kappa shape index (κ2) is 10.7. The molecule has 0 bridgehead atoms. The van der Waals surface area contributed by atoms with E-state index in [0.29, 0.717) is 36.4 Å². The van der Waals surface area contributed by atoms with Crippen molar-refractivity contribution < 1.29 is 22.1 Å². The highest BCUT2D eigenvalue weighted by Gasteiger charge is 2.16. The number of ether oxygens (including phenoxy) is 2. The highest BCUT2D eigenvalue weighted by Crippen LogP contribution is 2.24. The summed E-state index contributed by atoms with van der Waals surface area (Å²) in [5, 5.41) is 0. The highest BCUT2D eigenvalue weighted by atomic mass is 32.2. The Morgan fingerprint density at radius 2 is 1.97 bits per heavy atom. The summed E-state index contributed by atoms with van der Waals surface area (Å²) < 4.78 is 39.5. The summed E-state index contributed by atoms with van der Waals surface area (Å²) in [6.45, 7) is 2.82. The molecule has 2 heterocycles. The third-order valence-electron chi connectivity index (χ3n) is 4.95. The van der Waals surface area contributed by atoms with Crippen molar-refractivity contribution in [3.05, 3.63) is 39.8 Å². The first-order chi connectivity index (χ1) is 15.7. The number of aromatic amines is 1. The van der Waals surface area contributed by atoms with Crippen LogP contribution in [0.4, 0.5) is 5.82 Å². The number of fused-ring (bicyclic) bond motifs is 1. The molecular weight excluding hydrogens is 450 g/mol. The molecule has 0 aliphatic carbocycles. The van der Waals surface area contributed by atoms with E-state index in [1.807, 2.05) is 25.1 Å². The maximum absolute atomic E-state index is 12.6. The van der Waals surface area contributed by atoms with E-state index >= 15 is 0 Å². The molecular formula is C21H29N5O6S. The number of H-pyrrole nitrogens is 1. The Labute approximate surface area is 192 Å². The van der Waals surface area contributed by atoms with E-state index in [1.165, 1.54) is 4.57 Å². The number of nitrogens with zero attached hydrogens (tertiary/aromatic N) is 3. The molecule has 0 saturated heterocycles. The van der Waals surface area contributed by atoms with Crippen molar-refractivity contribution in [3.8, 4) is 11.8 Å². The van der Waals surface area contributed by atoms with Gasteiger partial charge in [0.1, 0.15) is 11.3 Å². The van der Waals surface area contributed by atoms with Crippen molar-refractivity contribution in [2.24, 2.45) is 0 Å². The van der Waals surface area contributed by atoms with Crippen molar-refractivity contribution in [2.75, 3.05) is 32.3 Å². The van der Waals surface area contributed by atoms with Crippen LogP contribution < -0.4 is 20.9 Å². The van der Waals surface area contributed by atoms with Crippen LogP contribution in [0.2, 0.25) is 0 Å². The number of hydrogen-bond acceptors (Lipinski definition) is 9. The Hall–Kier alpha value is -3.12. The monoisotopic (exact) mass is 479 g/mol. The van der Waals surface area contributed by atoms with E-state index in [4.69, 9.17) is 19.4 Å². The number of aryl methyl sites for hydroxylation is 1. The highest BCUT2D eigenvalue weighted by molar-refractivity contribution is 7.85. The van der Waals surface area contributed by atoms with Crippen molar-refractivity contribution in [3.63, 3.8) is 0 Å². The Morgan fingerprint density at radius 3 is 2.67 bits per heavy atom. The van der Waals surface area contributed by atoms with Crippen LogP contribution in [0.25, 0.3) is 11.2 Å². The third kappa shape index (κ3) is 6.45. The molecule has 0 aliphatic heterocycles. The van der Waals surface area contributed by atoms with Gasteiger partial charge in [0, 0.05) is 5.56 Å². The van der Waals surface area contributed by atoms with Gasteiger partial charge >= 0.3 is 11.7 Å². The van der Waals surface area contributed by atoms with Crippen molar-refractivity contribution in [1.29, 1.82) is 0 Å². The Balaban J connectivity index is 1.82. The number of nitrogens with one attached hydrogen (secondary N) is 1. The Bertz CT molecular complexity index is 1270. The summed E-state index contributed by atoms with van der Waals surface area (Å²) in [7, 11) is -1.90. The van der Waals surface area contributed by atoms with Crippen LogP contribution in [0.3, 0.4) is 0 Å². The summed E-state index contributed by atoms with van der Waals surface area (Å²) in [5.74, 6) is 0.736. The van der Waals surface area contributed by atoms with E-state index in [-0.39, 0.29) is 30.7 Å². The quantitative estimate of drug-likeness (QED) is 0.293. The second-order valence-corrected chi connectivity index (χ2v) is 9.23. The fourth-order valence-corrected chi connectivity index (χ4v) is 3.70. The molecule has 0 saturated carbocycles. The van der Waals surface area contributed by atoms with Crippen LogP contribution >= 0.6 is 0 Å². The molecule has 0 spiro atoms. The zero-order valence-electron chi connectivity index (χ0n) is 19.0. The van der Waals surface area contributed by atoms with Gasteiger partial charge in [-0.05, 0) is 30.9 Å². The number of hydrogen-bond donors (Lipinski definition) is 2. The van der Waals surface area contributed by atoms with Gasteiger partial charge in [-0.15, -0.1) is 0 Å². The number of nitrogens with two attached hydrogens (primary N) is 1. The SMILES string of the molecule is CCCCOc1nc(N)c2[nH]c(=O)n(Cc3ccc(CCCOS(C)(=O)=O)cc3OC)c2n1. The molecule has 2 aromatic heterocycles. The van der Waals surface area contributed by atoms with E-state index in [1.54, 1.807) is 7.11 Å². The van der Waals surface area contributed by atoms with E-state index in [2.05, 4.69) is 15.0 Å². The Morgan fingerprint density at radius 1 is 1.18 bits per heavy atom. The molecule has 1 aromatic carbocycles. The number of nitrogen functional groups attached to an aromatic ring is 1. The first kappa shape index (κ1) is 24.5. The number of methoxy groups -OCH3 is 1. The van der Waals surface area contributed by atoms with Gasteiger partial charge in [0.15, 0.2) is 11.5 Å². The van der Waals surface area contributed by atoms with Gasteiger partial charge in [0.05, 0.1) is 33.1 Å². The van der Waals surface area contributed by atoms with Gasteiger partial charge in [-0.2, -0.15) is 18.4 Å². The molecule has 12 heteroatoms. The molecule has 0 amide bonds. The number of unbranched alkanes of at least 4 members (excludes halogenated alkanes) is 1. The van der Waals surface area contributed by atoms with Gasteiger partial charge in [0.25, 0.3) is 10.1 Å². The molecule has 3 rings (SSSR count). The van der Waals surface area contributed by atoms with E-state index in [0.717, 1.165) is 30.2 Å². The van der Waals surface area contributed by atoms with Crippen molar-refractivity contribution in [2.45, 2.75) is 39.2 Å². The molecule has 3 aromatic rings. The summed E-state index contributed by atoms with van der Waals surface area (Å²) >= 11 is 0. The fraction of sp³-hybridized carbons (Fsp3) is 0.476. The Kier molecular flexibility index (Phi) is 7.92. The molecule has 0 atom stereocenters. The maximum Gasteiger partial charge on any atom is 0.328 e. The van der Waals surface area contributed by atoms with Gasteiger partial charge < -0.3 is 20.2 Å². The number of benzene rings is 1. The molecule has 3 N–H and O–H groups in total. The topological polar surface area (TPSA) is 151 Å². The first-order valence-electron chi connectivity index (χ1n) is 10.6. The largest absolute Gasteiger partial charge is 0.496 e. The van der Waals surface area contributed by atoms with Crippen LogP contribution in [0.5, 0.6) is 11.8 Å². The average Bonchev–Trinajstić information content (AvgIpc) is 3.07. The predicted molar refractivity (Wildman–Crippen MR) is 124 cm³/mol. The molecule has 0 radical (unpaired) electrons. The number of imidazole rings is 1. The van der Waals surface area contributed by atoms with Gasteiger partial charge in [-0.25, -0.2) is 4.79 Å². The van der Waals surface area contributed by atoms with Crippen LogP contribution in [0.1, 0.15) is 37.3 Å². The van der Waals surface area contributed by atoms with Crippen molar-refractivity contribution >= 4 is 27.1 Å². The predicted octanol–water partition coefficient (Wildman–Crippen LogP) is 1.85. The summed E-state index contributed by atoms with van der Waals surface area (Å²) in [6.07, 6.45) is 3.99. The maximum atomic E-state index is 12.6. The summed E-state index contributed by atoms with van der Waals surface area (Å²) in [5.41, 5.74) is 8.06. The molecule has 180 valence electrons. The molecule has 0 fully saturated rings. The van der Waals surface area contributed by atoms with Crippen molar-refractivity contribution in [1.82, 2.24) is 19.5 Å². The van der Waals surface area contributed by atoms with E-state index < -0.39 is 10.1 Å². The zero-order chi connectivity index (χ0) is 24.0. The number of rotatable bonds is 12. The number of aromatic nitrogens is 4. The lowest BCUT2D eigenvalue weighted by Crippen LogP contribution is -2.18. The van der Waals surface area contributed by atoms with Gasteiger partial charge in [-0.3, -0.25) is 8.75 Å². The lowest BCUT2D eigenvalue weighted by molar-refractivity contribution is 0.286. The molecule has 0 unspecified atom stereocenters. The minimum absolute atomic E-state index is 0.109. The van der Waals surface area contributed by atoms with Gasteiger partial charge in [0.2, 0.25) is 0 Å². The van der Waals surface area contributed by atoms with Crippen LogP contribution in [0, 0.1) is 0 Å². The lowest BCUT2D eigenvalue weighted by Gasteiger charge is -2.12. The smallest absolute Gasteiger partial charge is 0.328 e. The summed E-state index contributed by atoms with van der Waals surface area (Å²) in [4.78, 5) is 23.8. The van der Waals surface area contributed by atoms with Crippen LogP contribution in [0.15, 0.2) is 23.0 Å². The van der Waals surface area contributed by atoms with Crippen LogP contribution in [-0.4, -0.2) is 54.5 Å². The fourth-order valence-electron chi connectivity index (χ4n) is 3.28. The molecule has 11 nitrogen and oxygen atoms in total. The molecule has 0 aliphatic rings. The minimum Gasteiger partial charge on any atom is -0.496 e. The second-order valence-electron chi connectivity index (χ2n) is 7.58. The van der Waals surface area contributed by atoms with Crippen LogP contribution in [-0.2, 0) is 27.3 Å².